The first kappa shape index (κ1) is 20.6. The van der Waals surface area contributed by atoms with E-state index in [1.165, 1.54) is 16.4 Å². The third-order valence-corrected chi connectivity index (χ3v) is 7.46. The van der Waals surface area contributed by atoms with Crippen LogP contribution in [0.5, 0.6) is 0 Å². The van der Waals surface area contributed by atoms with Gasteiger partial charge in [-0.15, -0.1) is 0 Å². The molecule has 158 valence electrons. The zero-order valence-electron chi connectivity index (χ0n) is 16.8. The Balaban J connectivity index is 1.57. The summed E-state index contributed by atoms with van der Waals surface area (Å²) in [4.78, 5) is 12.9. The topological polar surface area (TPSA) is 71.4 Å². The molecule has 0 aliphatic carbocycles. The van der Waals surface area contributed by atoms with Crippen molar-refractivity contribution in [3.8, 4) is 0 Å². The molecule has 2 heterocycles. The number of benzene rings is 2. The number of rotatable bonds is 5. The highest BCUT2D eigenvalue weighted by molar-refractivity contribution is 7.89. The van der Waals surface area contributed by atoms with E-state index in [1.807, 2.05) is 0 Å². The van der Waals surface area contributed by atoms with Crippen molar-refractivity contribution in [2.24, 2.45) is 7.05 Å². The van der Waals surface area contributed by atoms with E-state index in [0.717, 1.165) is 30.3 Å². The fourth-order valence-electron chi connectivity index (χ4n) is 3.84. The van der Waals surface area contributed by atoms with Crippen molar-refractivity contribution >= 4 is 26.8 Å². The van der Waals surface area contributed by atoms with Gasteiger partial charge in [-0.1, -0.05) is 18.6 Å². The second-order valence-electron chi connectivity index (χ2n) is 7.58. The molecule has 1 aromatic heterocycles. The van der Waals surface area contributed by atoms with Gasteiger partial charge in [-0.25, -0.2) is 12.8 Å². The van der Waals surface area contributed by atoms with Gasteiger partial charge in [-0.05, 0) is 54.8 Å². The van der Waals surface area contributed by atoms with E-state index in [4.69, 9.17) is 0 Å². The summed E-state index contributed by atoms with van der Waals surface area (Å²) < 4.78 is 42.2. The van der Waals surface area contributed by atoms with Crippen LogP contribution in [0.4, 0.5) is 4.39 Å². The van der Waals surface area contributed by atoms with Gasteiger partial charge in [0.25, 0.3) is 5.91 Å². The summed E-state index contributed by atoms with van der Waals surface area (Å²) in [6.07, 6.45) is 2.82. The minimum Gasteiger partial charge on any atom is -0.347 e. The lowest BCUT2D eigenvalue weighted by Gasteiger charge is -2.25. The Hall–Kier alpha value is -2.71. The molecule has 1 fully saturated rings. The number of aryl methyl sites for hydroxylation is 1. The van der Waals surface area contributed by atoms with E-state index in [0.29, 0.717) is 24.2 Å². The lowest BCUT2D eigenvalue weighted by atomic mass is 10.2. The maximum absolute atomic E-state index is 13.0. The van der Waals surface area contributed by atoms with Crippen molar-refractivity contribution in [1.82, 2.24) is 14.2 Å². The molecule has 0 spiro atoms. The Labute approximate surface area is 175 Å². The van der Waals surface area contributed by atoms with E-state index in [1.54, 1.807) is 48.0 Å². The normalized spacial score (nSPS) is 15.4. The highest BCUT2D eigenvalue weighted by atomic mass is 32.2. The molecule has 1 N–H and O–H groups in total. The number of piperidine rings is 1. The standard InChI is InChI=1S/C22H24FN3O3S/c1-25-20-10-9-19(30(28,29)26-11-3-2-4-12-26)13-17(20)14-21(25)22(27)24-15-16-5-7-18(23)8-6-16/h5-10,13-14H,2-4,11-12,15H2,1H3,(H,24,27). The molecule has 0 saturated carbocycles. The van der Waals surface area contributed by atoms with Crippen molar-refractivity contribution < 1.29 is 17.6 Å². The molecule has 1 aliphatic rings. The van der Waals surface area contributed by atoms with Gasteiger partial charge >= 0.3 is 0 Å². The molecule has 0 radical (unpaired) electrons. The first-order chi connectivity index (χ1) is 14.4. The summed E-state index contributed by atoms with van der Waals surface area (Å²) in [5, 5.41) is 3.52. The van der Waals surface area contributed by atoms with Gasteiger partial charge in [0.1, 0.15) is 11.5 Å². The van der Waals surface area contributed by atoms with Crippen LogP contribution in [-0.2, 0) is 23.6 Å². The van der Waals surface area contributed by atoms with Crippen LogP contribution >= 0.6 is 0 Å². The minimum atomic E-state index is -3.53. The predicted octanol–water partition coefficient (Wildman–Crippen LogP) is 3.42. The maximum atomic E-state index is 13.0. The molecular weight excluding hydrogens is 405 g/mol. The molecule has 0 unspecified atom stereocenters. The van der Waals surface area contributed by atoms with Gasteiger partial charge in [0.15, 0.2) is 0 Å². The fourth-order valence-corrected chi connectivity index (χ4v) is 5.39. The molecule has 6 nitrogen and oxygen atoms in total. The predicted molar refractivity (Wildman–Crippen MR) is 113 cm³/mol. The van der Waals surface area contributed by atoms with Crippen molar-refractivity contribution in [3.63, 3.8) is 0 Å². The molecule has 1 amide bonds. The van der Waals surface area contributed by atoms with E-state index >= 15 is 0 Å². The van der Waals surface area contributed by atoms with Gasteiger partial charge in [-0.3, -0.25) is 4.79 Å². The van der Waals surface area contributed by atoms with Crippen molar-refractivity contribution in [1.29, 1.82) is 0 Å². The van der Waals surface area contributed by atoms with Crippen LogP contribution in [0.1, 0.15) is 35.3 Å². The number of sulfonamides is 1. The Kier molecular flexibility index (Phi) is 5.62. The Morgan fingerprint density at radius 1 is 1.03 bits per heavy atom. The third kappa shape index (κ3) is 3.97. The van der Waals surface area contributed by atoms with Crippen LogP contribution in [0, 0.1) is 5.82 Å². The van der Waals surface area contributed by atoms with E-state index in [-0.39, 0.29) is 23.2 Å². The fraction of sp³-hybridized carbons (Fsp3) is 0.318. The molecule has 1 aliphatic heterocycles. The van der Waals surface area contributed by atoms with Gasteiger partial charge < -0.3 is 9.88 Å². The van der Waals surface area contributed by atoms with Gasteiger partial charge in [-0.2, -0.15) is 4.31 Å². The zero-order valence-corrected chi connectivity index (χ0v) is 17.6. The summed E-state index contributed by atoms with van der Waals surface area (Å²) in [6.45, 7) is 1.37. The van der Waals surface area contributed by atoms with E-state index in [2.05, 4.69) is 5.32 Å². The monoisotopic (exact) mass is 429 g/mol. The Bertz CT molecular complexity index is 1180. The van der Waals surface area contributed by atoms with E-state index in [9.17, 15) is 17.6 Å². The summed E-state index contributed by atoms with van der Waals surface area (Å²) >= 11 is 0. The number of nitrogens with zero attached hydrogens (tertiary/aromatic N) is 2. The number of carbonyl (C=O) groups is 1. The SMILES string of the molecule is Cn1c(C(=O)NCc2ccc(F)cc2)cc2cc(S(=O)(=O)N3CCCCC3)ccc21. The average molecular weight is 430 g/mol. The molecule has 8 heteroatoms. The van der Waals surface area contributed by atoms with Gasteiger partial charge in [0.2, 0.25) is 10.0 Å². The number of hydrogen-bond donors (Lipinski definition) is 1. The highest BCUT2D eigenvalue weighted by Crippen LogP contribution is 2.26. The summed E-state index contributed by atoms with van der Waals surface area (Å²) in [7, 11) is -1.76. The van der Waals surface area contributed by atoms with Crippen molar-refractivity contribution in [2.75, 3.05) is 13.1 Å². The van der Waals surface area contributed by atoms with Crippen LogP contribution < -0.4 is 5.32 Å². The first-order valence-corrected chi connectivity index (χ1v) is 11.4. The Morgan fingerprint density at radius 2 is 1.73 bits per heavy atom. The van der Waals surface area contributed by atoms with Crippen molar-refractivity contribution in [3.05, 3.63) is 65.6 Å². The molecule has 4 rings (SSSR count). The van der Waals surface area contributed by atoms with Crippen LogP contribution in [-0.4, -0.2) is 36.3 Å². The van der Waals surface area contributed by atoms with Crippen LogP contribution in [0.15, 0.2) is 53.4 Å². The number of nitrogens with one attached hydrogen (secondary N) is 1. The number of amides is 1. The first-order valence-electron chi connectivity index (χ1n) is 9.98. The molecular formula is C22H24FN3O3S. The average Bonchev–Trinajstić information content (AvgIpc) is 3.10. The molecule has 30 heavy (non-hydrogen) atoms. The van der Waals surface area contributed by atoms with Gasteiger partial charge in [0.05, 0.1) is 4.90 Å². The second-order valence-corrected chi connectivity index (χ2v) is 9.52. The number of fused-ring (bicyclic) bond motifs is 1. The lowest BCUT2D eigenvalue weighted by molar-refractivity contribution is 0.0943. The summed E-state index contributed by atoms with van der Waals surface area (Å²) in [5.74, 6) is -0.604. The van der Waals surface area contributed by atoms with Crippen LogP contribution in [0.3, 0.4) is 0 Å². The number of aromatic nitrogens is 1. The molecule has 0 bridgehead atoms. The number of halogens is 1. The lowest BCUT2D eigenvalue weighted by Crippen LogP contribution is -2.35. The highest BCUT2D eigenvalue weighted by Gasteiger charge is 2.26. The smallest absolute Gasteiger partial charge is 0.268 e. The summed E-state index contributed by atoms with van der Waals surface area (Å²) in [6, 6.07) is 12.6. The molecule has 2 aromatic carbocycles. The zero-order chi connectivity index (χ0) is 21.3. The van der Waals surface area contributed by atoms with Crippen LogP contribution in [0.2, 0.25) is 0 Å². The third-order valence-electron chi connectivity index (χ3n) is 5.57. The summed E-state index contributed by atoms with van der Waals surface area (Å²) in [5.41, 5.74) is 2.00. The molecule has 0 atom stereocenters. The maximum Gasteiger partial charge on any atom is 0.268 e. The largest absolute Gasteiger partial charge is 0.347 e. The van der Waals surface area contributed by atoms with Gasteiger partial charge in [0, 0.05) is 37.6 Å². The molecule has 1 saturated heterocycles. The number of carbonyl (C=O) groups excluding carboxylic acids is 1. The number of hydrogen-bond acceptors (Lipinski definition) is 3. The van der Waals surface area contributed by atoms with Crippen molar-refractivity contribution in [2.45, 2.75) is 30.7 Å². The second kappa shape index (κ2) is 8.20. The Morgan fingerprint density at radius 3 is 2.43 bits per heavy atom. The quantitative estimate of drug-likeness (QED) is 0.676. The molecule has 3 aromatic rings. The van der Waals surface area contributed by atoms with Crippen LogP contribution in [0.25, 0.3) is 10.9 Å². The van der Waals surface area contributed by atoms with E-state index < -0.39 is 10.0 Å². The minimum absolute atomic E-state index is 0.251.